The standard InChI is InChI=1S/C52H40N4O4/c1-54-52-34-40(13-5-37-7-15-44(16-8-37)56(47-23-29-50(59-3)30-24-47)48-25-31-51(60-4)32-26-48)42(35-53)33-41(52)14-6-38-9-17-43(18-10-38)55(45-19-11-39(36-57)12-20-45)46-21-27-49(58-2)28-22-46/h5-34,36H,2-4H3/b13-5-,14-6-. The maximum atomic E-state index is 11.3. The summed E-state index contributed by atoms with van der Waals surface area (Å²) >= 11 is 0. The van der Waals surface area contributed by atoms with Gasteiger partial charge in [0.25, 0.3) is 0 Å². The molecule has 0 aliphatic heterocycles. The van der Waals surface area contributed by atoms with Crippen molar-refractivity contribution in [2.45, 2.75) is 0 Å². The molecule has 0 radical (unpaired) electrons. The molecular weight excluding hydrogens is 745 g/mol. The summed E-state index contributed by atoms with van der Waals surface area (Å²) in [6, 6.07) is 53.0. The van der Waals surface area contributed by atoms with Crippen LogP contribution in [0.15, 0.2) is 158 Å². The Balaban J connectivity index is 1.11. The van der Waals surface area contributed by atoms with E-state index in [9.17, 15) is 10.1 Å². The lowest BCUT2D eigenvalue weighted by Crippen LogP contribution is -2.09. The average molecular weight is 785 g/mol. The van der Waals surface area contributed by atoms with Gasteiger partial charge in [-0.1, -0.05) is 48.6 Å². The van der Waals surface area contributed by atoms with Crippen molar-refractivity contribution in [1.82, 2.24) is 0 Å². The zero-order chi connectivity index (χ0) is 41.8. The van der Waals surface area contributed by atoms with E-state index in [4.69, 9.17) is 20.8 Å². The number of rotatable bonds is 14. The monoisotopic (exact) mass is 784 g/mol. The van der Waals surface area contributed by atoms with Crippen LogP contribution in [0.4, 0.5) is 39.8 Å². The number of anilines is 6. The number of nitrogens with zero attached hydrogens (tertiary/aromatic N) is 4. The van der Waals surface area contributed by atoms with Gasteiger partial charge in [0, 0.05) is 39.7 Å². The van der Waals surface area contributed by atoms with Crippen molar-refractivity contribution in [2.24, 2.45) is 0 Å². The van der Waals surface area contributed by atoms with Gasteiger partial charge >= 0.3 is 0 Å². The molecule has 0 saturated heterocycles. The van der Waals surface area contributed by atoms with Crippen LogP contribution in [0, 0.1) is 17.9 Å². The molecule has 60 heavy (non-hydrogen) atoms. The van der Waals surface area contributed by atoms with Gasteiger partial charge in [0.15, 0.2) is 5.69 Å². The molecule has 0 saturated carbocycles. The lowest BCUT2D eigenvalue weighted by molar-refractivity contribution is 0.112. The summed E-state index contributed by atoms with van der Waals surface area (Å²) in [5.41, 5.74) is 10.3. The normalized spacial score (nSPS) is 10.8. The number of nitriles is 1. The molecule has 0 aliphatic carbocycles. The Morgan fingerprint density at radius 3 is 1.13 bits per heavy atom. The molecule has 0 N–H and O–H groups in total. The molecule has 292 valence electrons. The molecule has 8 nitrogen and oxygen atoms in total. The molecule has 7 aromatic carbocycles. The van der Waals surface area contributed by atoms with Gasteiger partial charge in [-0.3, -0.25) is 4.79 Å². The molecule has 0 unspecified atom stereocenters. The molecule has 8 heteroatoms. The summed E-state index contributed by atoms with van der Waals surface area (Å²) < 4.78 is 16.1. The van der Waals surface area contributed by atoms with Crippen LogP contribution in [0.1, 0.15) is 38.2 Å². The summed E-state index contributed by atoms with van der Waals surface area (Å²) in [7, 11) is 4.93. The number of ether oxygens (including phenoxy) is 3. The minimum atomic E-state index is 0.441. The molecule has 0 heterocycles. The lowest BCUT2D eigenvalue weighted by atomic mass is 10.0. The number of aldehydes is 1. The molecule has 0 aliphatic rings. The van der Waals surface area contributed by atoms with E-state index in [1.165, 1.54) is 0 Å². The van der Waals surface area contributed by atoms with Crippen LogP contribution >= 0.6 is 0 Å². The second-order valence-corrected chi connectivity index (χ2v) is 13.5. The van der Waals surface area contributed by atoms with E-state index >= 15 is 0 Å². The summed E-state index contributed by atoms with van der Waals surface area (Å²) in [5.74, 6) is 2.30. The van der Waals surface area contributed by atoms with E-state index in [1.807, 2.05) is 158 Å². The third-order valence-corrected chi connectivity index (χ3v) is 9.93. The molecule has 0 atom stereocenters. The van der Waals surface area contributed by atoms with E-state index in [1.54, 1.807) is 45.6 Å². The van der Waals surface area contributed by atoms with Gasteiger partial charge in [0.2, 0.25) is 0 Å². The van der Waals surface area contributed by atoms with E-state index < -0.39 is 0 Å². The maximum Gasteiger partial charge on any atom is 0.194 e. The van der Waals surface area contributed by atoms with Crippen molar-refractivity contribution in [2.75, 3.05) is 31.1 Å². The third-order valence-electron chi connectivity index (χ3n) is 9.93. The van der Waals surface area contributed by atoms with Gasteiger partial charge in [0.1, 0.15) is 23.5 Å². The second-order valence-electron chi connectivity index (χ2n) is 13.5. The fraction of sp³-hybridized carbons (Fsp3) is 0.0577. The molecule has 7 aromatic rings. The van der Waals surface area contributed by atoms with Crippen molar-refractivity contribution in [3.63, 3.8) is 0 Å². The molecule has 0 fully saturated rings. The maximum absolute atomic E-state index is 11.3. The van der Waals surface area contributed by atoms with Crippen molar-refractivity contribution in [1.29, 1.82) is 5.26 Å². The molecule has 0 spiro atoms. The Hall–Kier alpha value is -8.33. The van der Waals surface area contributed by atoms with Crippen LogP contribution < -0.4 is 24.0 Å². The van der Waals surface area contributed by atoms with Crippen LogP contribution in [0.3, 0.4) is 0 Å². The fourth-order valence-corrected chi connectivity index (χ4v) is 6.72. The lowest BCUT2D eigenvalue weighted by Gasteiger charge is -2.26. The predicted octanol–water partition coefficient (Wildman–Crippen LogP) is 13.2. The SMILES string of the molecule is [C-]#[N+]c1cc(/C=C\c2ccc(N(c3ccc(OC)cc3)c3ccc(OC)cc3)cc2)c(C#N)cc1/C=C\c1ccc(N(c2ccc(C=O)cc2)c2ccc(OC)cc2)cc1. The highest BCUT2D eigenvalue weighted by Gasteiger charge is 2.15. The Morgan fingerprint density at radius 2 is 0.817 bits per heavy atom. The first-order chi connectivity index (χ1) is 29.4. The first-order valence-corrected chi connectivity index (χ1v) is 19.0. The summed E-state index contributed by atoms with van der Waals surface area (Å²) in [6.45, 7) is 7.96. The number of benzene rings is 7. The van der Waals surface area contributed by atoms with Gasteiger partial charge < -0.3 is 24.0 Å². The smallest absolute Gasteiger partial charge is 0.194 e. The summed E-state index contributed by atoms with van der Waals surface area (Å²) in [4.78, 5) is 19.4. The Kier molecular flexibility index (Phi) is 12.5. The Labute approximate surface area is 350 Å². The molecule has 0 aromatic heterocycles. The minimum absolute atomic E-state index is 0.441. The van der Waals surface area contributed by atoms with E-state index in [2.05, 4.69) is 20.7 Å². The Morgan fingerprint density at radius 1 is 0.483 bits per heavy atom. The first kappa shape index (κ1) is 39.9. The number of carbonyl (C=O) groups excluding carboxylic acids is 1. The van der Waals surface area contributed by atoms with E-state index in [0.29, 0.717) is 27.9 Å². The number of hydrogen-bond acceptors (Lipinski definition) is 7. The zero-order valence-electron chi connectivity index (χ0n) is 33.3. The molecule has 7 rings (SSSR count). The van der Waals surface area contributed by atoms with E-state index in [0.717, 1.165) is 68.8 Å². The van der Waals surface area contributed by atoms with Gasteiger partial charge in [-0.25, -0.2) is 4.85 Å². The Bertz CT molecular complexity index is 2660. The molecular formula is C52H40N4O4. The number of carbonyl (C=O) groups is 1. The highest BCUT2D eigenvalue weighted by Crippen LogP contribution is 2.38. The number of methoxy groups -OCH3 is 3. The van der Waals surface area contributed by atoms with Gasteiger partial charge in [-0.05, 0) is 156 Å². The average Bonchev–Trinajstić information content (AvgIpc) is 3.32. The van der Waals surface area contributed by atoms with Crippen LogP contribution in [0.25, 0.3) is 29.1 Å². The van der Waals surface area contributed by atoms with Gasteiger partial charge in [0.05, 0.1) is 39.5 Å². The highest BCUT2D eigenvalue weighted by atomic mass is 16.5. The quantitative estimate of drug-likeness (QED) is 0.0617. The van der Waals surface area contributed by atoms with Crippen LogP contribution in [-0.4, -0.2) is 27.6 Å². The largest absolute Gasteiger partial charge is 0.497 e. The fourth-order valence-electron chi connectivity index (χ4n) is 6.72. The van der Waals surface area contributed by atoms with Crippen LogP contribution in [0.5, 0.6) is 17.2 Å². The van der Waals surface area contributed by atoms with Gasteiger partial charge in [-0.2, -0.15) is 5.26 Å². The first-order valence-electron chi connectivity index (χ1n) is 19.0. The molecule has 0 amide bonds. The highest BCUT2D eigenvalue weighted by molar-refractivity contribution is 5.85. The van der Waals surface area contributed by atoms with Crippen LogP contribution in [0.2, 0.25) is 0 Å². The van der Waals surface area contributed by atoms with Crippen molar-refractivity contribution in [3.05, 3.63) is 203 Å². The van der Waals surface area contributed by atoms with Crippen molar-refractivity contribution in [3.8, 4) is 23.3 Å². The second kappa shape index (κ2) is 18.7. The summed E-state index contributed by atoms with van der Waals surface area (Å²) in [6.07, 6.45) is 8.45. The molecule has 0 bridgehead atoms. The van der Waals surface area contributed by atoms with Gasteiger partial charge in [-0.15, -0.1) is 0 Å². The predicted molar refractivity (Wildman–Crippen MR) is 243 cm³/mol. The number of hydrogen-bond donors (Lipinski definition) is 0. The van der Waals surface area contributed by atoms with E-state index in [-0.39, 0.29) is 0 Å². The third kappa shape index (κ3) is 9.11. The minimum Gasteiger partial charge on any atom is -0.497 e. The summed E-state index contributed by atoms with van der Waals surface area (Å²) in [5, 5.41) is 10.2. The zero-order valence-corrected chi connectivity index (χ0v) is 33.3. The van der Waals surface area contributed by atoms with Crippen LogP contribution in [-0.2, 0) is 0 Å². The van der Waals surface area contributed by atoms with Crippen molar-refractivity contribution < 1.29 is 19.0 Å². The van der Waals surface area contributed by atoms with Crippen molar-refractivity contribution >= 4 is 70.4 Å². The topological polar surface area (TPSA) is 79.4 Å².